The van der Waals surface area contributed by atoms with Crippen LogP contribution >= 0.6 is 47.8 Å². The number of hydrogen-bond acceptors (Lipinski definition) is 3. The second-order valence-corrected chi connectivity index (χ2v) is 6.13. The molecule has 0 fully saturated rings. The number of rotatable bonds is 2. The molecule has 0 bridgehead atoms. The third-order valence-corrected chi connectivity index (χ3v) is 3.69. The Morgan fingerprint density at radius 3 is 2.22 bits per heavy atom. The molecular formula is C12H7Br3O3. The van der Waals surface area contributed by atoms with Crippen molar-refractivity contribution >= 4 is 47.8 Å². The summed E-state index contributed by atoms with van der Waals surface area (Å²) in [7, 11) is 0. The van der Waals surface area contributed by atoms with Gasteiger partial charge in [-0.2, -0.15) is 0 Å². The van der Waals surface area contributed by atoms with E-state index in [1.54, 1.807) is 24.3 Å². The molecule has 0 saturated carbocycles. The number of hydrogen-bond donors (Lipinski definition) is 2. The van der Waals surface area contributed by atoms with Crippen molar-refractivity contribution in [2.75, 3.05) is 0 Å². The standard InChI is InChI=1S/C12H7Br3O3/c13-6-1-2-9(16)10(4-6)18-11-5-7(14)3-8(15)12(11)17/h1-5,16-17H. The molecule has 0 aliphatic heterocycles. The second-order valence-electron chi connectivity index (χ2n) is 3.45. The predicted molar refractivity (Wildman–Crippen MR) is 79.4 cm³/mol. The number of phenols is 2. The third-order valence-electron chi connectivity index (χ3n) is 2.13. The molecule has 2 rings (SSSR count). The van der Waals surface area contributed by atoms with Gasteiger partial charge in [0.25, 0.3) is 0 Å². The minimum atomic E-state index is -0.0300. The Bertz CT molecular complexity index is 599. The highest BCUT2D eigenvalue weighted by Crippen LogP contribution is 2.41. The van der Waals surface area contributed by atoms with Crippen LogP contribution in [-0.2, 0) is 0 Å². The molecule has 2 aromatic carbocycles. The first kappa shape index (κ1) is 13.7. The number of aromatic hydroxyl groups is 2. The molecule has 0 atom stereocenters. The minimum absolute atomic E-state index is 0.00584. The van der Waals surface area contributed by atoms with E-state index in [0.717, 1.165) is 8.95 Å². The van der Waals surface area contributed by atoms with Gasteiger partial charge in [0.1, 0.15) is 0 Å². The van der Waals surface area contributed by atoms with E-state index >= 15 is 0 Å². The maximum atomic E-state index is 9.86. The average molecular weight is 439 g/mol. The maximum absolute atomic E-state index is 9.86. The molecule has 3 nitrogen and oxygen atoms in total. The Labute approximate surface area is 129 Å². The van der Waals surface area contributed by atoms with Gasteiger partial charge in [-0.05, 0) is 46.3 Å². The van der Waals surface area contributed by atoms with E-state index in [4.69, 9.17) is 4.74 Å². The van der Waals surface area contributed by atoms with Crippen molar-refractivity contribution in [3.8, 4) is 23.0 Å². The van der Waals surface area contributed by atoms with E-state index < -0.39 is 0 Å². The van der Waals surface area contributed by atoms with E-state index in [2.05, 4.69) is 47.8 Å². The first-order chi connectivity index (χ1) is 8.47. The summed E-state index contributed by atoms with van der Waals surface area (Å²) in [5.74, 6) is 0.459. The molecule has 0 spiro atoms. The third kappa shape index (κ3) is 2.99. The molecule has 94 valence electrons. The van der Waals surface area contributed by atoms with Crippen LogP contribution in [0.4, 0.5) is 0 Å². The van der Waals surface area contributed by atoms with Gasteiger partial charge in [0.2, 0.25) is 0 Å². The number of ether oxygens (including phenoxy) is 1. The highest BCUT2D eigenvalue weighted by Gasteiger charge is 2.12. The number of phenolic OH excluding ortho intramolecular Hbond substituents is 2. The van der Waals surface area contributed by atoms with E-state index in [1.165, 1.54) is 6.07 Å². The van der Waals surface area contributed by atoms with Gasteiger partial charge >= 0.3 is 0 Å². The van der Waals surface area contributed by atoms with Crippen LogP contribution in [0.3, 0.4) is 0 Å². The van der Waals surface area contributed by atoms with E-state index in [9.17, 15) is 10.2 Å². The second kappa shape index (κ2) is 5.50. The summed E-state index contributed by atoms with van der Waals surface area (Å²) < 4.78 is 7.51. The summed E-state index contributed by atoms with van der Waals surface area (Å²) in [5, 5.41) is 19.5. The lowest BCUT2D eigenvalue weighted by Crippen LogP contribution is -1.87. The highest BCUT2D eigenvalue weighted by atomic mass is 79.9. The van der Waals surface area contributed by atoms with Crippen LogP contribution < -0.4 is 4.74 Å². The molecule has 0 aromatic heterocycles. The molecule has 2 N–H and O–H groups in total. The van der Waals surface area contributed by atoms with Gasteiger partial charge in [-0.15, -0.1) is 0 Å². The van der Waals surface area contributed by atoms with Gasteiger partial charge in [-0.25, -0.2) is 0 Å². The first-order valence-electron chi connectivity index (χ1n) is 4.82. The molecular weight excluding hydrogens is 432 g/mol. The zero-order valence-corrected chi connectivity index (χ0v) is 13.6. The predicted octanol–water partition coefficient (Wildman–Crippen LogP) is 5.18. The Morgan fingerprint density at radius 1 is 0.833 bits per heavy atom. The normalized spacial score (nSPS) is 10.4. The van der Waals surface area contributed by atoms with Crippen LogP contribution in [-0.4, -0.2) is 10.2 Å². The quantitative estimate of drug-likeness (QED) is 0.679. The molecule has 0 unspecified atom stereocenters. The SMILES string of the molecule is Oc1ccc(Br)cc1Oc1cc(Br)cc(Br)c1O. The van der Waals surface area contributed by atoms with Gasteiger partial charge in [-0.3, -0.25) is 0 Å². The Balaban J connectivity index is 2.43. The summed E-state index contributed by atoms with van der Waals surface area (Å²) in [6.07, 6.45) is 0. The van der Waals surface area contributed by atoms with E-state index in [-0.39, 0.29) is 23.0 Å². The van der Waals surface area contributed by atoms with Gasteiger partial charge in [0, 0.05) is 8.95 Å². The summed E-state index contributed by atoms with van der Waals surface area (Å²) in [5.41, 5.74) is 0. The monoisotopic (exact) mass is 436 g/mol. The van der Waals surface area contributed by atoms with Crippen molar-refractivity contribution < 1.29 is 14.9 Å². The van der Waals surface area contributed by atoms with Crippen LogP contribution in [0, 0.1) is 0 Å². The fourth-order valence-corrected chi connectivity index (χ4v) is 2.83. The van der Waals surface area contributed by atoms with Crippen molar-refractivity contribution in [3.63, 3.8) is 0 Å². The zero-order chi connectivity index (χ0) is 13.3. The molecule has 0 radical (unpaired) electrons. The van der Waals surface area contributed by atoms with Crippen LogP contribution in [0.25, 0.3) is 0 Å². The van der Waals surface area contributed by atoms with E-state index in [0.29, 0.717) is 4.47 Å². The van der Waals surface area contributed by atoms with Crippen molar-refractivity contribution in [1.29, 1.82) is 0 Å². The summed E-state index contributed by atoms with van der Waals surface area (Å²) in [6.45, 7) is 0. The van der Waals surface area contributed by atoms with Crippen molar-refractivity contribution in [1.82, 2.24) is 0 Å². The fourth-order valence-electron chi connectivity index (χ4n) is 1.31. The molecule has 2 aromatic rings. The smallest absolute Gasteiger partial charge is 0.172 e. The summed E-state index contributed by atoms with van der Waals surface area (Å²) >= 11 is 9.80. The molecule has 0 aliphatic carbocycles. The molecule has 18 heavy (non-hydrogen) atoms. The largest absolute Gasteiger partial charge is 0.504 e. The van der Waals surface area contributed by atoms with Gasteiger partial charge in [0.15, 0.2) is 23.0 Å². The lowest BCUT2D eigenvalue weighted by molar-refractivity contribution is 0.383. The van der Waals surface area contributed by atoms with Crippen molar-refractivity contribution in [2.24, 2.45) is 0 Å². The van der Waals surface area contributed by atoms with Crippen LogP contribution in [0.5, 0.6) is 23.0 Å². The van der Waals surface area contributed by atoms with Gasteiger partial charge in [-0.1, -0.05) is 31.9 Å². The molecule has 0 heterocycles. The lowest BCUT2D eigenvalue weighted by atomic mass is 10.3. The molecule has 0 amide bonds. The summed E-state index contributed by atoms with van der Waals surface area (Å²) in [4.78, 5) is 0. The highest BCUT2D eigenvalue weighted by molar-refractivity contribution is 9.11. The maximum Gasteiger partial charge on any atom is 0.172 e. The number of benzene rings is 2. The molecule has 0 saturated heterocycles. The Hall–Kier alpha value is -0.720. The molecule has 0 aliphatic rings. The zero-order valence-electron chi connectivity index (χ0n) is 8.82. The van der Waals surface area contributed by atoms with Gasteiger partial charge in [0.05, 0.1) is 4.47 Å². The molecule has 6 heteroatoms. The lowest BCUT2D eigenvalue weighted by Gasteiger charge is -2.11. The Morgan fingerprint density at radius 2 is 1.50 bits per heavy atom. The van der Waals surface area contributed by atoms with Crippen molar-refractivity contribution in [2.45, 2.75) is 0 Å². The fraction of sp³-hybridized carbons (Fsp3) is 0. The Kier molecular flexibility index (Phi) is 4.19. The summed E-state index contributed by atoms with van der Waals surface area (Å²) in [6, 6.07) is 8.12. The number of halogens is 3. The van der Waals surface area contributed by atoms with Gasteiger partial charge < -0.3 is 14.9 Å². The van der Waals surface area contributed by atoms with Crippen LogP contribution in [0.15, 0.2) is 43.7 Å². The minimum Gasteiger partial charge on any atom is -0.504 e. The van der Waals surface area contributed by atoms with E-state index in [1.807, 2.05) is 0 Å². The van der Waals surface area contributed by atoms with Crippen molar-refractivity contribution in [3.05, 3.63) is 43.7 Å². The topological polar surface area (TPSA) is 49.7 Å². The van der Waals surface area contributed by atoms with Crippen LogP contribution in [0.1, 0.15) is 0 Å². The average Bonchev–Trinajstić information content (AvgIpc) is 2.30. The first-order valence-corrected chi connectivity index (χ1v) is 7.19. The van der Waals surface area contributed by atoms with Crippen LogP contribution in [0.2, 0.25) is 0 Å².